The topological polar surface area (TPSA) is 0 Å². The van der Waals surface area contributed by atoms with Gasteiger partial charge in [-0.05, 0) is 0 Å². The molecule has 0 aromatic carbocycles. The van der Waals surface area contributed by atoms with Gasteiger partial charge in [0.1, 0.15) is 0 Å². The van der Waals surface area contributed by atoms with Crippen molar-refractivity contribution in [1.29, 1.82) is 0 Å². The Bertz CT molecular complexity index is 8.00. The summed E-state index contributed by atoms with van der Waals surface area (Å²) in [4.78, 5) is 0. The van der Waals surface area contributed by atoms with Crippen molar-refractivity contribution in [2.75, 3.05) is 0 Å². The summed E-state index contributed by atoms with van der Waals surface area (Å²) in [5, 5.41) is 0. The third kappa shape index (κ3) is 9.00. The molecule has 0 aromatic rings. The van der Waals surface area contributed by atoms with E-state index >= 15 is 0 Å². The average molecular weight is 335 g/mol. The number of hydrogen-bond donors (Lipinski definition) is 0. The minimum absolute atomic E-state index is 0. The van der Waals surface area contributed by atoms with E-state index in [1.165, 1.54) is 0 Å². The summed E-state index contributed by atoms with van der Waals surface area (Å²) in [6.07, 6.45) is 0. The molecule has 4 heteroatoms. The van der Waals surface area contributed by atoms with Gasteiger partial charge >= 0.3 is 99.1 Å². The molecule has 0 aliphatic heterocycles. The fourth-order valence-corrected chi connectivity index (χ4v) is 0. The summed E-state index contributed by atoms with van der Waals surface area (Å²) in [5.41, 5.74) is 0. The Balaban J connectivity index is 0. The summed E-state index contributed by atoms with van der Waals surface area (Å²) in [6, 6.07) is 0. The molecule has 0 nitrogen and oxygen atoms in total. The van der Waals surface area contributed by atoms with Crippen molar-refractivity contribution in [1.82, 2.24) is 0 Å². The molecule has 2 radical (unpaired) electrons. The van der Waals surface area contributed by atoms with Crippen LogP contribution in [0.4, 0.5) is 0 Å². The van der Waals surface area contributed by atoms with Gasteiger partial charge in [-0.1, -0.05) is 0 Å². The van der Waals surface area contributed by atoms with Crippen molar-refractivity contribution < 1.29 is 0 Å². The Morgan fingerprint density at radius 2 is 1.00 bits per heavy atom. The van der Waals surface area contributed by atoms with Crippen molar-refractivity contribution in [2.24, 2.45) is 0 Å². The Morgan fingerprint density at radius 1 is 1.00 bits per heavy atom. The van der Waals surface area contributed by atoms with E-state index in [-0.39, 0.29) is 99.1 Å². The van der Waals surface area contributed by atoms with Gasteiger partial charge in [-0.25, -0.2) is 0 Å². The maximum atomic E-state index is 0. The molecule has 0 rings (SSSR count). The molecule has 0 bridgehead atoms. The van der Waals surface area contributed by atoms with Crippen molar-refractivity contribution >= 4 is 99.1 Å². The first-order chi connectivity index (χ1) is 0. The molecule has 4 heavy (non-hydrogen) atoms. The molecule has 0 N–H and O–H groups in total. The van der Waals surface area contributed by atoms with Crippen molar-refractivity contribution in [3.05, 3.63) is 0 Å². The predicted octanol–water partition coefficient (Wildman–Crippen LogP) is -3.93. The maximum absolute atomic E-state index is 0. The molecule has 0 heterocycles. The van der Waals surface area contributed by atoms with Crippen LogP contribution in [0.15, 0.2) is 0 Å². The van der Waals surface area contributed by atoms with Gasteiger partial charge in [0.25, 0.3) is 0 Å². The monoisotopic (exact) mass is 336 g/mol. The standard InChI is InChI=1S/Ga.In.Na.Sn.9H. The molecule has 0 atom stereocenters. The van der Waals surface area contributed by atoms with E-state index in [4.69, 9.17) is 0 Å². The van der Waals surface area contributed by atoms with E-state index < -0.39 is 0 Å². The van der Waals surface area contributed by atoms with Crippen LogP contribution >= 0.6 is 0 Å². The summed E-state index contributed by atoms with van der Waals surface area (Å²) >= 11 is 0. The van der Waals surface area contributed by atoms with Crippen LogP contribution in [0, 0.1) is 0 Å². The van der Waals surface area contributed by atoms with Crippen molar-refractivity contribution in [3.63, 3.8) is 0 Å². The Labute approximate surface area is 96.9 Å². The van der Waals surface area contributed by atoms with Crippen LogP contribution in [0.3, 0.4) is 0 Å². The van der Waals surface area contributed by atoms with Crippen LogP contribution in [0.1, 0.15) is 0 Å². The van der Waals surface area contributed by atoms with Gasteiger partial charge in [0.05, 0.1) is 0 Å². The van der Waals surface area contributed by atoms with E-state index in [9.17, 15) is 0 Å². The molecule has 0 amide bonds. The van der Waals surface area contributed by atoms with Gasteiger partial charge in [-0.15, -0.1) is 0 Å². The molecule has 0 unspecified atom stereocenters. The zero-order valence-electron chi connectivity index (χ0n) is 0.707. The van der Waals surface area contributed by atoms with E-state index in [1.807, 2.05) is 0 Å². The molecule has 0 fully saturated rings. The summed E-state index contributed by atoms with van der Waals surface area (Å²) in [5.74, 6) is 0. The van der Waals surface area contributed by atoms with Crippen LogP contribution in [0.25, 0.3) is 0 Å². The summed E-state index contributed by atoms with van der Waals surface area (Å²) < 4.78 is 0. The van der Waals surface area contributed by atoms with Gasteiger partial charge in [-0.3, -0.25) is 0 Å². The zero-order valence-corrected chi connectivity index (χ0v) is 4.74. The molecular weight excluding hydrogens is 326 g/mol. The summed E-state index contributed by atoms with van der Waals surface area (Å²) in [6.45, 7) is 0. The molecule has 0 aliphatic carbocycles. The van der Waals surface area contributed by atoms with E-state index in [0.29, 0.717) is 0 Å². The minimum atomic E-state index is 0. The molecular formula is H9GaInNaSn. The normalized spacial score (nSPS) is 0. The quantitative estimate of drug-likeness (QED) is 0.397. The van der Waals surface area contributed by atoms with Crippen LogP contribution in [-0.2, 0) is 0 Å². The van der Waals surface area contributed by atoms with Gasteiger partial charge < -0.3 is 0 Å². The second-order valence-corrected chi connectivity index (χ2v) is 0. The second kappa shape index (κ2) is 16.2. The zero-order chi connectivity index (χ0) is 0. The fraction of sp³-hybridized carbons (Fsp3) is 0. The molecule has 20 valence electrons. The van der Waals surface area contributed by atoms with E-state index in [0.717, 1.165) is 0 Å². The average Bonchev–Trinajstić information content (AvgIpc) is 0. The molecule has 0 saturated heterocycles. The van der Waals surface area contributed by atoms with Gasteiger partial charge in [0.15, 0.2) is 0 Å². The van der Waals surface area contributed by atoms with Gasteiger partial charge in [0.2, 0.25) is 0 Å². The molecule has 0 saturated carbocycles. The van der Waals surface area contributed by atoms with Crippen molar-refractivity contribution in [3.8, 4) is 0 Å². The molecule has 0 aromatic heterocycles. The van der Waals surface area contributed by atoms with Crippen LogP contribution in [-0.4, -0.2) is 99.1 Å². The van der Waals surface area contributed by atoms with Crippen LogP contribution < -0.4 is 0 Å². The third-order valence-electron chi connectivity index (χ3n) is 0. The predicted molar refractivity (Wildman–Crippen MR) is 35.6 cm³/mol. The first-order valence-electron chi connectivity index (χ1n) is 0. The Hall–Kier alpha value is 3.31. The number of rotatable bonds is 0. The fourth-order valence-electron chi connectivity index (χ4n) is 0. The molecule has 0 aliphatic rings. The van der Waals surface area contributed by atoms with Gasteiger partial charge in [-0.2, -0.15) is 0 Å². The van der Waals surface area contributed by atoms with Gasteiger partial charge in [0, 0.05) is 0 Å². The molecule has 0 spiro atoms. The number of hydrogen-bond acceptors (Lipinski definition) is 0. The SMILES string of the molecule is [GaH3].[InH3].[NaH].[SnH2]. The van der Waals surface area contributed by atoms with E-state index in [2.05, 4.69) is 0 Å². The van der Waals surface area contributed by atoms with Crippen molar-refractivity contribution in [2.45, 2.75) is 0 Å². The second-order valence-electron chi connectivity index (χ2n) is 0. The first kappa shape index (κ1) is 26.6. The third-order valence-corrected chi connectivity index (χ3v) is 0. The Kier molecular flexibility index (Phi) is 108. The van der Waals surface area contributed by atoms with Crippen LogP contribution in [0.5, 0.6) is 0 Å². The Morgan fingerprint density at radius 3 is 1.00 bits per heavy atom. The van der Waals surface area contributed by atoms with E-state index in [1.54, 1.807) is 0 Å². The summed E-state index contributed by atoms with van der Waals surface area (Å²) in [7, 11) is 0. The first-order valence-corrected chi connectivity index (χ1v) is 0. The van der Waals surface area contributed by atoms with Crippen LogP contribution in [0.2, 0.25) is 0 Å².